The van der Waals surface area contributed by atoms with Gasteiger partial charge in [-0.15, -0.1) is 10.2 Å². The van der Waals surface area contributed by atoms with Gasteiger partial charge in [-0.1, -0.05) is 36.5 Å². The molecule has 0 saturated carbocycles. The van der Waals surface area contributed by atoms with Gasteiger partial charge in [0.1, 0.15) is 10.0 Å². The Labute approximate surface area is 113 Å². The predicted octanol–water partition coefficient (Wildman–Crippen LogP) is 3.39. The summed E-state index contributed by atoms with van der Waals surface area (Å²) in [5.41, 5.74) is 2.33. The highest BCUT2D eigenvalue weighted by Crippen LogP contribution is 2.32. The fourth-order valence-corrected chi connectivity index (χ4v) is 2.90. The molecule has 1 N–H and O–H groups in total. The van der Waals surface area contributed by atoms with Crippen LogP contribution in [0.5, 0.6) is 0 Å². The van der Waals surface area contributed by atoms with Crippen LogP contribution >= 0.6 is 27.3 Å². The first-order valence-electron chi connectivity index (χ1n) is 5.51. The number of hydrogen-bond donors (Lipinski definition) is 1. The quantitative estimate of drug-likeness (QED) is 0.940. The summed E-state index contributed by atoms with van der Waals surface area (Å²) in [6, 6.07) is 6.18. The highest BCUT2D eigenvalue weighted by atomic mass is 79.9. The summed E-state index contributed by atoms with van der Waals surface area (Å²) in [6.45, 7) is 5.90. The van der Waals surface area contributed by atoms with Crippen LogP contribution in [0.1, 0.15) is 17.5 Å². The minimum atomic E-state index is 0.789. The average Bonchev–Trinajstić information content (AvgIpc) is 2.78. The standard InChI is InChI=1S/C12H14BrN3S/c1-3-14-7-10-15-16-12(17-10)9-6-4-5-8(2)11(9)13/h4-6,14H,3,7H2,1-2H3. The summed E-state index contributed by atoms with van der Waals surface area (Å²) in [5.74, 6) is 0. The molecule has 0 aliphatic rings. The zero-order chi connectivity index (χ0) is 12.3. The summed E-state index contributed by atoms with van der Waals surface area (Å²) in [4.78, 5) is 0. The van der Waals surface area contributed by atoms with Crippen molar-refractivity contribution in [2.45, 2.75) is 20.4 Å². The van der Waals surface area contributed by atoms with Gasteiger partial charge in [0.2, 0.25) is 0 Å². The van der Waals surface area contributed by atoms with Crippen LogP contribution < -0.4 is 5.32 Å². The van der Waals surface area contributed by atoms with Crippen molar-refractivity contribution in [1.82, 2.24) is 15.5 Å². The zero-order valence-corrected chi connectivity index (χ0v) is 12.2. The molecule has 0 unspecified atom stereocenters. The van der Waals surface area contributed by atoms with Gasteiger partial charge in [-0.05, 0) is 35.0 Å². The maximum Gasteiger partial charge on any atom is 0.148 e. The monoisotopic (exact) mass is 311 g/mol. The van der Waals surface area contributed by atoms with E-state index in [-0.39, 0.29) is 0 Å². The van der Waals surface area contributed by atoms with Gasteiger partial charge in [-0.25, -0.2) is 0 Å². The van der Waals surface area contributed by atoms with Crippen LogP contribution in [0.2, 0.25) is 0 Å². The summed E-state index contributed by atoms with van der Waals surface area (Å²) >= 11 is 5.24. The maximum atomic E-state index is 4.24. The van der Waals surface area contributed by atoms with Gasteiger partial charge in [-0.2, -0.15) is 0 Å². The van der Waals surface area contributed by atoms with E-state index < -0.39 is 0 Å². The second-order valence-electron chi connectivity index (χ2n) is 3.72. The Hall–Kier alpha value is -0.780. The van der Waals surface area contributed by atoms with Crippen LogP contribution in [0.3, 0.4) is 0 Å². The first kappa shape index (κ1) is 12.7. The Morgan fingerprint density at radius 1 is 1.35 bits per heavy atom. The lowest BCUT2D eigenvalue weighted by atomic mass is 10.1. The van der Waals surface area contributed by atoms with Gasteiger partial charge >= 0.3 is 0 Å². The van der Waals surface area contributed by atoms with Crippen LogP contribution in [-0.2, 0) is 6.54 Å². The second-order valence-corrected chi connectivity index (χ2v) is 5.57. The molecule has 0 aliphatic carbocycles. The Balaban J connectivity index is 2.27. The average molecular weight is 312 g/mol. The number of hydrogen-bond acceptors (Lipinski definition) is 4. The fourth-order valence-electron chi connectivity index (χ4n) is 1.48. The largest absolute Gasteiger partial charge is 0.311 e. The van der Waals surface area contributed by atoms with Crippen LogP contribution in [0.25, 0.3) is 10.6 Å². The molecule has 0 aliphatic heterocycles. The van der Waals surface area contributed by atoms with Crippen molar-refractivity contribution >= 4 is 27.3 Å². The Morgan fingerprint density at radius 3 is 2.94 bits per heavy atom. The van der Waals surface area contributed by atoms with Crippen LogP contribution in [0, 0.1) is 6.92 Å². The molecule has 0 bridgehead atoms. The van der Waals surface area contributed by atoms with E-state index in [4.69, 9.17) is 0 Å². The van der Waals surface area contributed by atoms with Gasteiger partial charge in [0.25, 0.3) is 0 Å². The predicted molar refractivity (Wildman–Crippen MR) is 75.2 cm³/mol. The van der Waals surface area contributed by atoms with Crippen molar-refractivity contribution in [2.24, 2.45) is 0 Å². The van der Waals surface area contributed by atoms with Crippen molar-refractivity contribution in [2.75, 3.05) is 6.54 Å². The van der Waals surface area contributed by atoms with Crippen LogP contribution in [0.15, 0.2) is 22.7 Å². The third-order valence-corrected chi connectivity index (χ3v) is 4.42. The SMILES string of the molecule is CCNCc1nnc(-c2cccc(C)c2Br)s1. The Bertz CT molecular complexity index is 510. The second kappa shape index (κ2) is 5.71. The maximum absolute atomic E-state index is 4.24. The van der Waals surface area contributed by atoms with Crippen molar-refractivity contribution in [1.29, 1.82) is 0 Å². The van der Waals surface area contributed by atoms with E-state index in [9.17, 15) is 0 Å². The lowest BCUT2D eigenvalue weighted by Gasteiger charge is -2.02. The lowest BCUT2D eigenvalue weighted by molar-refractivity contribution is 0.715. The molecule has 0 fully saturated rings. The van der Waals surface area contributed by atoms with Crippen LogP contribution in [0.4, 0.5) is 0 Å². The summed E-state index contributed by atoms with van der Waals surface area (Å²) in [7, 11) is 0. The lowest BCUT2D eigenvalue weighted by Crippen LogP contribution is -2.11. The van der Waals surface area contributed by atoms with Gasteiger partial charge in [0.05, 0.1) is 0 Å². The molecular weight excluding hydrogens is 298 g/mol. The first-order chi connectivity index (χ1) is 8.22. The molecule has 0 radical (unpaired) electrons. The number of aromatic nitrogens is 2. The van der Waals surface area contributed by atoms with Crippen molar-refractivity contribution in [3.05, 3.63) is 33.2 Å². The third-order valence-electron chi connectivity index (χ3n) is 2.42. The minimum absolute atomic E-state index is 0.789. The van der Waals surface area contributed by atoms with Gasteiger partial charge in [-0.3, -0.25) is 0 Å². The molecule has 0 atom stereocenters. The van der Waals surface area contributed by atoms with Crippen molar-refractivity contribution < 1.29 is 0 Å². The third kappa shape index (κ3) is 2.91. The Morgan fingerprint density at radius 2 is 2.18 bits per heavy atom. The number of nitrogens with one attached hydrogen (secondary N) is 1. The number of rotatable bonds is 4. The normalized spacial score (nSPS) is 10.8. The zero-order valence-electron chi connectivity index (χ0n) is 9.83. The molecule has 2 aromatic rings. The summed E-state index contributed by atoms with van der Waals surface area (Å²) < 4.78 is 1.10. The molecule has 2 rings (SSSR count). The van der Waals surface area contributed by atoms with Crippen molar-refractivity contribution in [3.63, 3.8) is 0 Å². The highest BCUT2D eigenvalue weighted by molar-refractivity contribution is 9.10. The van der Waals surface area contributed by atoms with E-state index in [1.807, 2.05) is 6.07 Å². The number of aryl methyl sites for hydroxylation is 1. The van der Waals surface area contributed by atoms with Crippen LogP contribution in [-0.4, -0.2) is 16.7 Å². The topological polar surface area (TPSA) is 37.8 Å². The Kier molecular flexibility index (Phi) is 4.25. The smallest absolute Gasteiger partial charge is 0.148 e. The van der Waals surface area contributed by atoms with E-state index in [1.54, 1.807) is 11.3 Å². The minimum Gasteiger partial charge on any atom is -0.311 e. The van der Waals surface area contributed by atoms with E-state index >= 15 is 0 Å². The highest BCUT2D eigenvalue weighted by Gasteiger charge is 2.10. The fraction of sp³-hybridized carbons (Fsp3) is 0.333. The summed E-state index contributed by atoms with van der Waals surface area (Å²) in [5, 5.41) is 13.7. The number of nitrogens with zero attached hydrogens (tertiary/aromatic N) is 2. The molecule has 1 aromatic carbocycles. The molecule has 0 saturated heterocycles. The van der Waals surface area contributed by atoms with Gasteiger partial charge in [0.15, 0.2) is 0 Å². The number of halogens is 1. The number of benzene rings is 1. The molecule has 0 spiro atoms. The molecule has 90 valence electrons. The van der Waals surface area contributed by atoms with E-state index in [0.717, 1.165) is 33.1 Å². The molecule has 1 aromatic heterocycles. The molecule has 17 heavy (non-hydrogen) atoms. The first-order valence-corrected chi connectivity index (χ1v) is 7.12. The molecule has 0 amide bonds. The van der Waals surface area contributed by atoms with E-state index in [2.05, 4.69) is 57.4 Å². The van der Waals surface area contributed by atoms with Gasteiger partial charge in [0, 0.05) is 16.6 Å². The molecule has 3 nitrogen and oxygen atoms in total. The van der Waals surface area contributed by atoms with E-state index in [0.29, 0.717) is 0 Å². The molecular formula is C12H14BrN3S. The summed E-state index contributed by atoms with van der Waals surface area (Å²) in [6.07, 6.45) is 0. The van der Waals surface area contributed by atoms with Crippen molar-refractivity contribution in [3.8, 4) is 10.6 Å². The molecule has 5 heteroatoms. The van der Waals surface area contributed by atoms with Gasteiger partial charge < -0.3 is 5.32 Å². The van der Waals surface area contributed by atoms with E-state index in [1.165, 1.54) is 5.56 Å². The molecule has 1 heterocycles.